The van der Waals surface area contributed by atoms with E-state index in [0.29, 0.717) is 26.1 Å². The van der Waals surface area contributed by atoms with E-state index >= 15 is 0 Å². The molecular weight excluding hydrogens is 328 g/mol. The summed E-state index contributed by atoms with van der Waals surface area (Å²) in [5.41, 5.74) is 3.37. The smallest absolute Gasteiger partial charge is 0.223 e. The molecule has 1 aromatic heterocycles. The minimum atomic E-state index is -0.0243. The summed E-state index contributed by atoms with van der Waals surface area (Å²) in [5.74, 6) is 0.759. The zero-order valence-corrected chi connectivity index (χ0v) is 14.8. The molecule has 26 heavy (non-hydrogen) atoms. The summed E-state index contributed by atoms with van der Waals surface area (Å²) in [6, 6.07) is 15.9. The van der Waals surface area contributed by atoms with E-state index in [2.05, 4.69) is 15.4 Å². The zero-order valence-electron chi connectivity index (χ0n) is 14.8. The van der Waals surface area contributed by atoms with Gasteiger partial charge in [0.1, 0.15) is 18.4 Å². The van der Waals surface area contributed by atoms with Gasteiger partial charge in [-0.25, -0.2) is 9.67 Å². The molecule has 0 spiro atoms. The predicted molar refractivity (Wildman–Crippen MR) is 98.7 cm³/mol. The van der Waals surface area contributed by atoms with Crippen molar-refractivity contribution in [3.63, 3.8) is 0 Å². The van der Waals surface area contributed by atoms with E-state index in [1.165, 1.54) is 11.9 Å². The molecule has 6 nitrogen and oxygen atoms in total. The van der Waals surface area contributed by atoms with Gasteiger partial charge in [-0.05, 0) is 30.2 Å². The molecule has 0 atom stereocenters. The molecule has 0 aliphatic rings. The van der Waals surface area contributed by atoms with Gasteiger partial charge in [0.2, 0.25) is 5.91 Å². The summed E-state index contributed by atoms with van der Waals surface area (Å²) < 4.78 is 7.34. The molecule has 3 aromatic rings. The van der Waals surface area contributed by atoms with Gasteiger partial charge in [0.15, 0.2) is 0 Å². The van der Waals surface area contributed by atoms with Crippen LogP contribution in [0.25, 0.3) is 0 Å². The average molecular weight is 350 g/mol. The van der Waals surface area contributed by atoms with Gasteiger partial charge in [-0.2, -0.15) is 5.10 Å². The molecule has 0 saturated heterocycles. The standard InChI is InChI=1S/C20H22N4O2/c1-16-2-8-19(9-3-16)26-11-10-20(25)22-12-17-4-6-18(7-5-17)13-24-15-21-14-23-24/h2-9,14-15H,10-13H2,1H3,(H,22,25). The molecule has 6 heteroatoms. The van der Waals surface area contributed by atoms with Crippen LogP contribution in [0.4, 0.5) is 0 Å². The lowest BCUT2D eigenvalue weighted by Gasteiger charge is -2.08. The van der Waals surface area contributed by atoms with Crippen molar-refractivity contribution in [2.24, 2.45) is 0 Å². The molecule has 3 rings (SSSR count). The number of benzene rings is 2. The first-order valence-electron chi connectivity index (χ1n) is 8.55. The molecule has 0 fully saturated rings. The average Bonchev–Trinajstić information content (AvgIpc) is 3.16. The molecule has 0 aliphatic carbocycles. The van der Waals surface area contributed by atoms with Crippen LogP contribution in [0.1, 0.15) is 23.1 Å². The monoisotopic (exact) mass is 350 g/mol. The maximum absolute atomic E-state index is 11.9. The van der Waals surface area contributed by atoms with Crippen LogP contribution in [0.3, 0.4) is 0 Å². The number of carbonyl (C=O) groups excluding carboxylic acids is 1. The zero-order chi connectivity index (χ0) is 18.2. The molecule has 1 amide bonds. The second-order valence-electron chi connectivity index (χ2n) is 6.10. The molecule has 0 bridgehead atoms. The van der Waals surface area contributed by atoms with E-state index in [1.54, 1.807) is 11.0 Å². The topological polar surface area (TPSA) is 69.0 Å². The van der Waals surface area contributed by atoms with E-state index in [4.69, 9.17) is 4.74 Å². The van der Waals surface area contributed by atoms with Crippen LogP contribution in [0.15, 0.2) is 61.2 Å². The first-order valence-corrected chi connectivity index (χ1v) is 8.55. The Morgan fingerprint density at radius 2 is 1.81 bits per heavy atom. The van der Waals surface area contributed by atoms with Gasteiger partial charge in [0.05, 0.1) is 19.6 Å². The number of rotatable bonds is 8. The Balaban J connectivity index is 1.37. The summed E-state index contributed by atoms with van der Waals surface area (Å²) in [6.07, 6.45) is 3.54. The van der Waals surface area contributed by atoms with Crippen molar-refractivity contribution in [3.05, 3.63) is 77.9 Å². The van der Waals surface area contributed by atoms with Crippen molar-refractivity contribution in [2.45, 2.75) is 26.4 Å². The van der Waals surface area contributed by atoms with Gasteiger partial charge in [-0.15, -0.1) is 0 Å². The lowest BCUT2D eigenvalue weighted by Crippen LogP contribution is -2.24. The predicted octanol–water partition coefficient (Wildman–Crippen LogP) is 2.72. The maximum Gasteiger partial charge on any atom is 0.223 e. The van der Waals surface area contributed by atoms with Crippen molar-refractivity contribution < 1.29 is 9.53 Å². The van der Waals surface area contributed by atoms with Gasteiger partial charge >= 0.3 is 0 Å². The van der Waals surface area contributed by atoms with Crippen molar-refractivity contribution in [3.8, 4) is 5.75 Å². The third-order valence-corrected chi connectivity index (χ3v) is 3.94. The normalized spacial score (nSPS) is 10.5. The lowest BCUT2D eigenvalue weighted by atomic mass is 10.1. The summed E-state index contributed by atoms with van der Waals surface area (Å²) in [6.45, 7) is 3.58. The number of aryl methyl sites for hydroxylation is 1. The number of hydrogen-bond acceptors (Lipinski definition) is 4. The van der Waals surface area contributed by atoms with E-state index in [0.717, 1.165) is 16.9 Å². The third kappa shape index (κ3) is 5.44. The van der Waals surface area contributed by atoms with Crippen LogP contribution in [-0.2, 0) is 17.9 Å². The number of hydrogen-bond donors (Lipinski definition) is 1. The Hall–Kier alpha value is -3.15. The van der Waals surface area contributed by atoms with E-state index in [-0.39, 0.29) is 5.91 Å². The van der Waals surface area contributed by atoms with E-state index in [1.807, 2.05) is 55.5 Å². The molecule has 1 N–H and O–H groups in total. The van der Waals surface area contributed by atoms with Crippen LogP contribution in [0, 0.1) is 6.92 Å². The molecule has 134 valence electrons. The molecule has 0 saturated carbocycles. The number of carbonyl (C=O) groups is 1. The number of nitrogens with zero attached hydrogens (tertiary/aromatic N) is 3. The third-order valence-electron chi connectivity index (χ3n) is 3.94. The number of amides is 1. The van der Waals surface area contributed by atoms with Crippen molar-refractivity contribution in [1.82, 2.24) is 20.1 Å². The highest BCUT2D eigenvalue weighted by Crippen LogP contribution is 2.11. The van der Waals surface area contributed by atoms with Crippen LogP contribution in [0.5, 0.6) is 5.75 Å². The van der Waals surface area contributed by atoms with Gasteiger partial charge in [-0.3, -0.25) is 4.79 Å². The molecule has 0 aliphatic heterocycles. The SMILES string of the molecule is Cc1ccc(OCCC(=O)NCc2ccc(Cn3cncn3)cc2)cc1. The van der Waals surface area contributed by atoms with Crippen molar-refractivity contribution in [2.75, 3.05) is 6.61 Å². The molecule has 1 heterocycles. The maximum atomic E-state index is 11.9. The second kappa shape index (κ2) is 8.80. The fourth-order valence-electron chi connectivity index (χ4n) is 2.45. The van der Waals surface area contributed by atoms with Crippen molar-refractivity contribution >= 4 is 5.91 Å². The lowest BCUT2D eigenvalue weighted by molar-refractivity contribution is -0.121. The number of nitrogens with one attached hydrogen (secondary N) is 1. The number of ether oxygens (including phenoxy) is 1. The minimum absolute atomic E-state index is 0.0243. The van der Waals surface area contributed by atoms with Crippen LogP contribution >= 0.6 is 0 Å². The van der Waals surface area contributed by atoms with Gasteiger partial charge in [0, 0.05) is 6.54 Å². The number of aromatic nitrogens is 3. The molecule has 0 unspecified atom stereocenters. The second-order valence-corrected chi connectivity index (χ2v) is 6.10. The minimum Gasteiger partial charge on any atom is -0.493 e. The molecule has 0 radical (unpaired) electrons. The Morgan fingerprint density at radius 3 is 2.50 bits per heavy atom. The van der Waals surface area contributed by atoms with Gasteiger partial charge in [-0.1, -0.05) is 42.0 Å². The fraction of sp³-hybridized carbons (Fsp3) is 0.250. The van der Waals surface area contributed by atoms with Crippen molar-refractivity contribution in [1.29, 1.82) is 0 Å². The van der Waals surface area contributed by atoms with E-state index < -0.39 is 0 Å². The highest BCUT2D eigenvalue weighted by atomic mass is 16.5. The molecule has 2 aromatic carbocycles. The Morgan fingerprint density at radius 1 is 1.08 bits per heavy atom. The summed E-state index contributed by atoms with van der Waals surface area (Å²) in [5, 5.41) is 7.00. The largest absolute Gasteiger partial charge is 0.493 e. The summed E-state index contributed by atoms with van der Waals surface area (Å²) in [4.78, 5) is 15.9. The fourth-order valence-corrected chi connectivity index (χ4v) is 2.45. The first-order chi connectivity index (χ1) is 12.7. The highest BCUT2D eigenvalue weighted by Gasteiger charge is 2.03. The van der Waals surface area contributed by atoms with Crippen LogP contribution < -0.4 is 10.1 Å². The highest BCUT2D eigenvalue weighted by molar-refractivity contribution is 5.76. The van der Waals surface area contributed by atoms with Gasteiger partial charge < -0.3 is 10.1 Å². The Kier molecular flexibility index (Phi) is 5.98. The molecular formula is C20H22N4O2. The van der Waals surface area contributed by atoms with Crippen LogP contribution in [0.2, 0.25) is 0 Å². The quantitative estimate of drug-likeness (QED) is 0.678. The van der Waals surface area contributed by atoms with E-state index in [9.17, 15) is 4.79 Å². The summed E-state index contributed by atoms with van der Waals surface area (Å²) in [7, 11) is 0. The Bertz CT molecular complexity index is 812. The Labute approximate surface area is 152 Å². The van der Waals surface area contributed by atoms with Gasteiger partial charge in [0.25, 0.3) is 0 Å². The first kappa shape index (κ1) is 17.7. The van der Waals surface area contributed by atoms with Crippen LogP contribution in [-0.4, -0.2) is 27.3 Å². The summed E-state index contributed by atoms with van der Waals surface area (Å²) >= 11 is 0.